The number of ether oxygens (including phenoxy) is 2. The Balaban J connectivity index is 2.40. The fraction of sp³-hybridized carbons (Fsp3) is 0.889. The highest BCUT2D eigenvalue weighted by molar-refractivity contribution is 7.47. The van der Waals surface area contributed by atoms with E-state index in [4.69, 9.17) is 19.1 Å². The van der Waals surface area contributed by atoms with Crippen molar-refractivity contribution in [1.82, 2.24) is 0 Å². The number of phosphoric acid groups is 1. The average molecular weight is 863 g/mol. The maximum Gasteiger partial charge on any atom is 0.472 e. The van der Waals surface area contributed by atoms with E-state index >= 15 is 0 Å². The largest absolute Gasteiger partial charge is 0.472 e. The molecule has 0 saturated heterocycles. The number of hydrogen-bond donors (Lipinski definition) is 5. The zero-order valence-corrected chi connectivity index (χ0v) is 37.8. The van der Waals surface area contributed by atoms with E-state index in [-0.39, 0.29) is 36.9 Å². The van der Waals surface area contributed by atoms with Gasteiger partial charge in [0.05, 0.1) is 32.0 Å². The molecule has 0 aromatic heterocycles. The minimum absolute atomic E-state index is 0.0342. The molecule has 59 heavy (non-hydrogen) atoms. The van der Waals surface area contributed by atoms with Gasteiger partial charge in [0.25, 0.3) is 0 Å². The Morgan fingerprint density at radius 1 is 0.746 bits per heavy atom. The lowest BCUT2D eigenvalue weighted by Gasteiger charge is -2.20. The van der Waals surface area contributed by atoms with Gasteiger partial charge in [-0.15, -0.1) is 0 Å². The molecule has 0 radical (unpaired) electrons. The second-order valence-electron chi connectivity index (χ2n) is 17.0. The summed E-state index contributed by atoms with van der Waals surface area (Å²) in [5.74, 6) is -0.845. The smallest absolute Gasteiger partial charge is 0.462 e. The first-order valence-corrected chi connectivity index (χ1v) is 24.6. The molecule has 5 N–H and O–H groups in total. The van der Waals surface area contributed by atoms with E-state index in [0.29, 0.717) is 32.1 Å². The minimum atomic E-state index is -4.67. The number of rotatable bonds is 39. The van der Waals surface area contributed by atoms with Gasteiger partial charge in [-0.3, -0.25) is 23.4 Å². The number of aliphatic hydroxyl groups excluding tert-OH is 4. The van der Waals surface area contributed by atoms with Crippen LogP contribution in [0.5, 0.6) is 0 Å². The lowest BCUT2D eigenvalue weighted by molar-refractivity contribution is -0.161. The van der Waals surface area contributed by atoms with E-state index in [1.165, 1.54) is 64.2 Å². The Bertz CT molecular complexity index is 1160. The molecule has 14 heteroatoms. The summed E-state index contributed by atoms with van der Waals surface area (Å²) in [7, 11) is -4.67. The van der Waals surface area contributed by atoms with Crippen LogP contribution in [0.25, 0.3) is 0 Å². The Labute approximate surface area is 356 Å². The van der Waals surface area contributed by atoms with Crippen LogP contribution >= 0.6 is 7.82 Å². The van der Waals surface area contributed by atoms with Crippen LogP contribution in [0.1, 0.15) is 188 Å². The standard InChI is InChI=1S/C45H83O13P/c1-4-5-19-25-37(47)29-30-41-40(42(49)31-43(41)50)26-21-17-18-22-27-44(51)55-34-39(35-57-59(53,54)56-33-38(48)32-46)58-45(52)28-23-16-14-12-10-8-6-7-9-11-13-15-20-24-36(2)3/h29-30,36-41,43,46-48,50H,4-28,31-35H2,1-3H3,(H,53,54)/b30-29+/t37-,38-,39+,40+,41+,43+/m0/s1. The molecule has 0 spiro atoms. The van der Waals surface area contributed by atoms with Crippen molar-refractivity contribution >= 4 is 25.5 Å². The molecule has 1 aliphatic carbocycles. The van der Waals surface area contributed by atoms with E-state index in [2.05, 4.69) is 25.3 Å². The van der Waals surface area contributed by atoms with Crippen molar-refractivity contribution in [3.8, 4) is 0 Å². The molecule has 0 aromatic rings. The Hall–Kier alpha value is -1.70. The second kappa shape index (κ2) is 34.8. The summed E-state index contributed by atoms with van der Waals surface area (Å²) >= 11 is 0. The molecule has 13 nitrogen and oxygen atoms in total. The second-order valence-corrected chi connectivity index (χ2v) is 18.5. The molecule has 0 heterocycles. The van der Waals surface area contributed by atoms with Crippen LogP contribution in [-0.4, -0.2) is 93.9 Å². The third-order valence-electron chi connectivity index (χ3n) is 11.0. The van der Waals surface area contributed by atoms with Crippen molar-refractivity contribution < 1.29 is 62.8 Å². The summed E-state index contributed by atoms with van der Waals surface area (Å²) in [5, 5.41) is 39.1. The Morgan fingerprint density at radius 2 is 1.27 bits per heavy atom. The molecule has 1 rings (SSSR count). The van der Waals surface area contributed by atoms with E-state index in [1.54, 1.807) is 12.2 Å². The predicted molar refractivity (Wildman–Crippen MR) is 229 cm³/mol. The van der Waals surface area contributed by atoms with Crippen LogP contribution in [0.15, 0.2) is 12.2 Å². The van der Waals surface area contributed by atoms with Crippen molar-refractivity contribution in [2.45, 2.75) is 212 Å². The fourth-order valence-electron chi connectivity index (χ4n) is 7.37. The monoisotopic (exact) mass is 863 g/mol. The van der Waals surface area contributed by atoms with Gasteiger partial charge in [0.15, 0.2) is 6.10 Å². The normalized spacial score (nSPS) is 19.6. The highest BCUT2D eigenvalue weighted by Crippen LogP contribution is 2.43. The number of Topliss-reactive ketones (excluding diaryl/α,β-unsaturated/α-hetero) is 1. The lowest BCUT2D eigenvalue weighted by atomic mass is 9.88. The van der Waals surface area contributed by atoms with Gasteiger partial charge in [-0.1, -0.05) is 155 Å². The van der Waals surface area contributed by atoms with Gasteiger partial charge >= 0.3 is 19.8 Å². The van der Waals surface area contributed by atoms with Gasteiger partial charge in [0.1, 0.15) is 18.5 Å². The van der Waals surface area contributed by atoms with E-state index < -0.39 is 70.6 Å². The summed E-state index contributed by atoms with van der Waals surface area (Å²) in [6.45, 7) is 4.35. The molecule has 0 bridgehead atoms. The summed E-state index contributed by atoms with van der Waals surface area (Å²) in [4.78, 5) is 47.8. The molecule has 0 aromatic carbocycles. The molecular weight excluding hydrogens is 779 g/mol. The highest BCUT2D eigenvalue weighted by Gasteiger charge is 2.39. The highest BCUT2D eigenvalue weighted by atomic mass is 31.2. The molecule has 1 fully saturated rings. The van der Waals surface area contributed by atoms with E-state index in [0.717, 1.165) is 57.3 Å². The first-order valence-electron chi connectivity index (χ1n) is 23.1. The van der Waals surface area contributed by atoms with Gasteiger partial charge in [0.2, 0.25) is 0 Å². The predicted octanol–water partition coefficient (Wildman–Crippen LogP) is 8.84. The molecule has 0 amide bonds. The molecule has 346 valence electrons. The van der Waals surface area contributed by atoms with Crippen LogP contribution in [0.4, 0.5) is 0 Å². The van der Waals surface area contributed by atoms with Crippen molar-refractivity contribution in [3.63, 3.8) is 0 Å². The number of hydrogen-bond acceptors (Lipinski definition) is 12. The Morgan fingerprint density at radius 3 is 1.85 bits per heavy atom. The van der Waals surface area contributed by atoms with Crippen molar-refractivity contribution in [1.29, 1.82) is 0 Å². The minimum Gasteiger partial charge on any atom is -0.462 e. The van der Waals surface area contributed by atoms with Crippen LogP contribution in [-0.2, 0) is 37.5 Å². The summed E-state index contributed by atoms with van der Waals surface area (Å²) in [6, 6.07) is 0. The quantitative estimate of drug-likeness (QED) is 0.0170. The van der Waals surface area contributed by atoms with Crippen LogP contribution in [0.2, 0.25) is 0 Å². The molecule has 7 atom stereocenters. The number of esters is 2. The SMILES string of the molecule is CCCCC[C@H](O)/C=C/[C@H]1[C@H](O)CC(=O)[C@@H]1CCCCCCC(=O)OC[C@H](COP(=O)(O)OC[C@@H](O)CO)OC(=O)CCCCCCCCCCCCCCCC(C)C. The van der Waals surface area contributed by atoms with Gasteiger partial charge < -0.3 is 34.8 Å². The number of unbranched alkanes of at least 4 members (excludes halogenated alkanes) is 17. The van der Waals surface area contributed by atoms with E-state index in [9.17, 15) is 39.2 Å². The lowest BCUT2D eigenvalue weighted by Crippen LogP contribution is -2.29. The number of carbonyl (C=O) groups excluding carboxylic acids is 3. The van der Waals surface area contributed by atoms with Gasteiger partial charge in [-0.2, -0.15) is 0 Å². The van der Waals surface area contributed by atoms with Crippen molar-refractivity contribution in [3.05, 3.63) is 12.2 Å². The fourth-order valence-corrected chi connectivity index (χ4v) is 8.16. The zero-order valence-electron chi connectivity index (χ0n) is 36.9. The third-order valence-corrected chi connectivity index (χ3v) is 11.9. The summed E-state index contributed by atoms with van der Waals surface area (Å²) < 4.78 is 32.8. The molecular formula is C45H83O13P. The van der Waals surface area contributed by atoms with Crippen molar-refractivity contribution in [2.75, 3.05) is 26.4 Å². The van der Waals surface area contributed by atoms with Crippen LogP contribution in [0.3, 0.4) is 0 Å². The third kappa shape index (κ3) is 30.1. The van der Waals surface area contributed by atoms with E-state index in [1.807, 2.05) is 0 Å². The molecule has 1 unspecified atom stereocenters. The first-order chi connectivity index (χ1) is 28.3. The topological polar surface area (TPSA) is 206 Å². The first kappa shape index (κ1) is 55.3. The number of ketones is 1. The maximum atomic E-state index is 12.7. The molecule has 1 aliphatic rings. The summed E-state index contributed by atoms with van der Waals surface area (Å²) in [6.07, 6.45) is 23.6. The number of carbonyl (C=O) groups is 3. The maximum absolute atomic E-state index is 12.7. The van der Waals surface area contributed by atoms with Crippen LogP contribution < -0.4 is 0 Å². The Kier molecular flexibility index (Phi) is 32.7. The van der Waals surface area contributed by atoms with Gasteiger partial charge in [-0.05, 0) is 31.6 Å². The zero-order chi connectivity index (χ0) is 43.7. The number of phosphoric ester groups is 1. The van der Waals surface area contributed by atoms with Gasteiger partial charge in [-0.25, -0.2) is 4.57 Å². The van der Waals surface area contributed by atoms with Crippen molar-refractivity contribution in [2.24, 2.45) is 17.8 Å². The van der Waals surface area contributed by atoms with Gasteiger partial charge in [0, 0.05) is 31.1 Å². The molecule has 1 saturated carbocycles. The van der Waals surface area contributed by atoms with Crippen LogP contribution in [0, 0.1) is 17.8 Å². The molecule has 0 aliphatic heterocycles. The summed E-state index contributed by atoms with van der Waals surface area (Å²) in [5.41, 5.74) is 0. The number of aliphatic hydroxyl groups is 4. The average Bonchev–Trinajstić information content (AvgIpc) is 3.47.